The summed E-state index contributed by atoms with van der Waals surface area (Å²) < 4.78 is 6.97. The first-order valence-electron chi connectivity index (χ1n) is 7.40. The summed E-state index contributed by atoms with van der Waals surface area (Å²) in [6.45, 7) is 0.621. The van der Waals surface area contributed by atoms with Gasteiger partial charge in [-0.1, -0.05) is 12.1 Å². The number of imidazole rings is 1. The fourth-order valence-corrected chi connectivity index (χ4v) is 2.12. The summed E-state index contributed by atoms with van der Waals surface area (Å²) in [6, 6.07) is 6.76. The highest BCUT2D eigenvalue weighted by molar-refractivity contribution is 5.73. The molecule has 124 valence electrons. The molecule has 0 radical (unpaired) electrons. The number of benzene rings is 1. The molecule has 0 fully saturated rings. The fourth-order valence-electron chi connectivity index (χ4n) is 2.12. The molecule has 3 N–H and O–H groups in total. The topological polar surface area (TPSA) is 88.4 Å². The van der Waals surface area contributed by atoms with Crippen LogP contribution >= 0.6 is 0 Å². The zero-order valence-corrected chi connectivity index (χ0v) is 13.3. The van der Waals surface area contributed by atoms with E-state index in [0.29, 0.717) is 13.0 Å². The third-order valence-corrected chi connectivity index (χ3v) is 3.51. The van der Waals surface area contributed by atoms with E-state index in [-0.39, 0.29) is 12.6 Å². The third-order valence-electron chi connectivity index (χ3n) is 3.51. The number of rotatable bonds is 7. The lowest BCUT2D eigenvalue weighted by atomic mass is 10.1. The van der Waals surface area contributed by atoms with Gasteiger partial charge in [0.25, 0.3) is 0 Å². The van der Waals surface area contributed by atoms with Gasteiger partial charge in [0.2, 0.25) is 0 Å². The number of ether oxygens (including phenoxy) is 1. The first-order chi connectivity index (χ1) is 11.1. The average Bonchev–Trinajstić information content (AvgIpc) is 2.98. The maximum absolute atomic E-state index is 11.7. The van der Waals surface area contributed by atoms with Gasteiger partial charge in [-0.25, -0.2) is 9.78 Å². The van der Waals surface area contributed by atoms with Crippen molar-refractivity contribution < 1.29 is 14.6 Å². The van der Waals surface area contributed by atoms with Gasteiger partial charge >= 0.3 is 6.03 Å². The molecule has 0 aliphatic carbocycles. The Bertz CT molecular complexity index is 625. The number of urea groups is 1. The van der Waals surface area contributed by atoms with Crippen molar-refractivity contribution in [2.45, 2.75) is 12.5 Å². The Morgan fingerprint density at radius 2 is 2.09 bits per heavy atom. The van der Waals surface area contributed by atoms with Crippen molar-refractivity contribution in [3.8, 4) is 5.75 Å². The van der Waals surface area contributed by atoms with Gasteiger partial charge in [0, 0.05) is 39.0 Å². The number of methoxy groups -OCH3 is 1. The minimum Gasteiger partial charge on any atom is -0.497 e. The Hall–Kier alpha value is -2.54. The first kappa shape index (κ1) is 16.8. The molecule has 1 aromatic carbocycles. The second-order valence-electron chi connectivity index (χ2n) is 5.13. The summed E-state index contributed by atoms with van der Waals surface area (Å²) in [4.78, 5) is 15.9. The standard InChI is InChI=1S/C16H22N4O3/c1-20-10-9-17-15(20)7-8-18-16(22)19-11-14(21)12-3-5-13(23-2)6-4-12/h3-6,9-10,14,21H,7-8,11H2,1-2H3,(H2,18,19,22). The van der Waals surface area contributed by atoms with Crippen molar-refractivity contribution in [3.63, 3.8) is 0 Å². The molecule has 1 heterocycles. The van der Waals surface area contributed by atoms with Gasteiger partial charge in [-0.2, -0.15) is 0 Å². The molecular formula is C16H22N4O3. The van der Waals surface area contributed by atoms with Gasteiger partial charge in [0.15, 0.2) is 0 Å². The first-order valence-corrected chi connectivity index (χ1v) is 7.40. The molecule has 1 aromatic heterocycles. The Kier molecular flexibility index (Phi) is 5.99. The molecule has 2 aromatic rings. The van der Waals surface area contributed by atoms with E-state index < -0.39 is 6.10 Å². The molecule has 23 heavy (non-hydrogen) atoms. The highest BCUT2D eigenvalue weighted by Crippen LogP contribution is 2.16. The number of carbonyl (C=O) groups excluding carboxylic acids is 1. The van der Waals surface area contributed by atoms with E-state index in [2.05, 4.69) is 15.6 Å². The lowest BCUT2D eigenvalue weighted by Crippen LogP contribution is -2.38. The summed E-state index contributed by atoms with van der Waals surface area (Å²) in [7, 11) is 3.50. The second kappa shape index (κ2) is 8.19. The number of hydrogen-bond donors (Lipinski definition) is 3. The van der Waals surface area contributed by atoms with Crippen LogP contribution in [0.2, 0.25) is 0 Å². The molecule has 1 unspecified atom stereocenters. The van der Waals surface area contributed by atoms with Crippen LogP contribution in [0.4, 0.5) is 4.79 Å². The van der Waals surface area contributed by atoms with Crippen molar-refractivity contribution in [1.82, 2.24) is 20.2 Å². The fraction of sp³-hybridized carbons (Fsp3) is 0.375. The SMILES string of the molecule is COc1ccc(C(O)CNC(=O)NCCc2nccn2C)cc1. The van der Waals surface area contributed by atoms with Crippen LogP contribution in [0.15, 0.2) is 36.7 Å². The molecule has 0 aliphatic heterocycles. The lowest BCUT2D eigenvalue weighted by molar-refractivity contribution is 0.173. The smallest absolute Gasteiger partial charge is 0.314 e. The number of nitrogens with one attached hydrogen (secondary N) is 2. The van der Waals surface area contributed by atoms with E-state index in [1.165, 1.54) is 0 Å². The van der Waals surface area contributed by atoms with Crippen LogP contribution in [0, 0.1) is 0 Å². The van der Waals surface area contributed by atoms with E-state index in [1.807, 2.05) is 17.8 Å². The van der Waals surface area contributed by atoms with Gasteiger partial charge in [0.1, 0.15) is 11.6 Å². The largest absolute Gasteiger partial charge is 0.497 e. The van der Waals surface area contributed by atoms with Crippen LogP contribution in [0.5, 0.6) is 5.75 Å². The molecule has 0 bridgehead atoms. The zero-order valence-electron chi connectivity index (χ0n) is 13.3. The molecule has 0 saturated heterocycles. The predicted octanol–water partition coefficient (Wildman–Crippen LogP) is 1.00. The van der Waals surface area contributed by atoms with Gasteiger partial charge in [-0.15, -0.1) is 0 Å². The monoisotopic (exact) mass is 318 g/mol. The Balaban J connectivity index is 1.69. The maximum atomic E-state index is 11.7. The summed E-state index contributed by atoms with van der Waals surface area (Å²) in [5.74, 6) is 1.63. The number of aliphatic hydroxyl groups excluding tert-OH is 1. The van der Waals surface area contributed by atoms with E-state index in [9.17, 15) is 9.90 Å². The van der Waals surface area contributed by atoms with E-state index >= 15 is 0 Å². The molecule has 2 amide bonds. The predicted molar refractivity (Wildman–Crippen MR) is 86.3 cm³/mol. The summed E-state index contributed by atoms with van der Waals surface area (Å²) in [5.41, 5.74) is 0.721. The minimum atomic E-state index is -0.763. The third kappa shape index (κ3) is 5.00. The molecule has 7 heteroatoms. The van der Waals surface area contributed by atoms with Crippen molar-refractivity contribution in [2.24, 2.45) is 7.05 Å². The van der Waals surface area contributed by atoms with E-state index in [1.54, 1.807) is 37.6 Å². The van der Waals surface area contributed by atoms with Crippen molar-refractivity contribution >= 4 is 6.03 Å². The van der Waals surface area contributed by atoms with Crippen LogP contribution in [-0.2, 0) is 13.5 Å². The van der Waals surface area contributed by atoms with Crippen LogP contribution < -0.4 is 15.4 Å². The number of nitrogens with zero attached hydrogens (tertiary/aromatic N) is 2. The van der Waals surface area contributed by atoms with Gasteiger partial charge in [-0.3, -0.25) is 0 Å². The molecule has 2 rings (SSSR count). The molecule has 0 aliphatic rings. The van der Waals surface area contributed by atoms with E-state index in [4.69, 9.17) is 4.74 Å². The molecule has 1 atom stereocenters. The average molecular weight is 318 g/mol. The van der Waals surface area contributed by atoms with Gasteiger partial charge < -0.3 is 25.0 Å². The second-order valence-corrected chi connectivity index (χ2v) is 5.13. The van der Waals surface area contributed by atoms with Gasteiger partial charge in [0.05, 0.1) is 13.2 Å². The number of aromatic nitrogens is 2. The number of amides is 2. The highest BCUT2D eigenvalue weighted by atomic mass is 16.5. The number of carbonyl (C=O) groups is 1. The van der Waals surface area contributed by atoms with E-state index in [0.717, 1.165) is 17.1 Å². The van der Waals surface area contributed by atoms with Crippen molar-refractivity contribution in [3.05, 3.63) is 48.0 Å². The van der Waals surface area contributed by atoms with Crippen LogP contribution in [0.25, 0.3) is 0 Å². The Morgan fingerprint density at radius 3 is 2.70 bits per heavy atom. The molecule has 0 saturated carbocycles. The summed E-state index contributed by atoms with van der Waals surface area (Å²) >= 11 is 0. The van der Waals surface area contributed by atoms with Gasteiger partial charge in [-0.05, 0) is 17.7 Å². The van der Waals surface area contributed by atoms with Crippen LogP contribution in [0.1, 0.15) is 17.5 Å². The minimum absolute atomic E-state index is 0.139. The number of aryl methyl sites for hydroxylation is 1. The molecular weight excluding hydrogens is 296 g/mol. The highest BCUT2D eigenvalue weighted by Gasteiger charge is 2.09. The summed E-state index contributed by atoms with van der Waals surface area (Å²) in [5, 5.41) is 15.4. The Morgan fingerprint density at radius 1 is 1.35 bits per heavy atom. The van der Waals surface area contributed by atoms with Crippen molar-refractivity contribution in [2.75, 3.05) is 20.2 Å². The molecule has 7 nitrogen and oxygen atoms in total. The van der Waals surface area contributed by atoms with Crippen LogP contribution in [-0.4, -0.2) is 40.9 Å². The summed E-state index contributed by atoms with van der Waals surface area (Å²) in [6.07, 6.45) is 3.47. The molecule has 0 spiro atoms. The van der Waals surface area contributed by atoms with Crippen molar-refractivity contribution in [1.29, 1.82) is 0 Å². The number of hydrogen-bond acceptors (Lipinski definition) is 4. The van der Waals surface area contributed by atoms with Crippen LogP contribution in [0.3, 0.4) is 0 Å². The lowest BCUT2D eigenvalue weighted by Gasteiger charge is -2.13. The maximum Gasteiger partial charge on any atom is 0.314 e. The normalized spacial score (nSPS) is 11.8. The zero-order chi connectivity index (χ0) is 16.7. The number of aliphatic hydroxyl groups is 1. The Labute approximate surface area is 135 Å². The quantitative estimate of drug-likeness (QED) is 0.711.